The third kappa shape index (κ3) is 3.17. The summed E-state index contributed by atoms with van der Waals surface area (Å²) in [6, 6.07) is 5.62. The summed E-state index contributed by atoms with van der Waals surface area (Å²) in [5.41, 5.74) is 2.62. The summed E-state index contributed by atoms with van der Waals surface area (Å²) >= 11 is 0. The second-order valence-corrected chi connectivity index (χ2v) is 3.61. The van der Waals surface area contributed by atoms with Crippen molar-refractivity contribution < 1.29 is 9.90 Å². The second-order valence-electron chi connectivity index (χ2n) is 3.61. The molecule has 1 rings (SSSR count). The number of ketones is 1. The van der Waals surface area contributed by atoms with Crippen molar-refractivity contribution in [2.24, 2.45) is 0 Å². The van der Waals surface area contributed by atoms with E-state index in [1.807, 2.05) is 6.07 Å². The molecule has 0 aromatic heterocycles. The number of Topliss-reactive ketones (excluding diaryl/α,β-unsaturated/α-hetero) is 1. The van der Waals surface area contributed by atoms with Crippen molar-refractivity contribution in [3.05, 3.63) is 60.2 Å². The SMILES string of the molecule is C=CCc1cc(CC=C)cc(C(=O)CO)c1. The summed E-state index contributed by atoms with van der Waals surface area (Å²) in [6.07, 6.45) is 5.02. The van der Waals surface area contributed by atoms with E-state index in [9.17, 15) is 4.79 Å². The normalized spacial score (nSPS) is 9.81. The van der Waals surface area contributed by atoms with E-state index in [4.69, 9.17) is 5.11 Å². The first-order valence-corrected chi connectivity index (χ1v) is 5.20. The maximum Gasteiger partial charge on any atom is 0.188 e. The number of aliphatic hydroxyl groups excluding tert-OH is 1. The molecule has 1 N–H and O–H groups in total. The molecule has 0 atom stereocenters. The van der Waals surface area contributed by atoms with Gasteiger partial charge in [0.25, 0.3) is 0 Å². The molecule has 0 unspecified atom stereocenters. The Hall–Kier alpha value is -1.67. The minimum atomic E-state index is -0.453. The Kier molecular flexibility index (Phi) is 4.67. The molecule has 16 heavy (non-hydrogen) atoms. The number of aliphatic hydroxyl groups is 1. The molecule has 0 bridgehead atoms. The molecule has 1 aromatic rings. The highest BCUT2D eigenvalue weighted by Crippen LogP contribution is 2.13. The van der Waals surface area contributed by atoms with Crippen LogP contribution in [-0.4, -0.2) is 17.5 Å². The van der Waals surface area contributed by atoms with E-state index >= 15 is 0 Å². The molecule has 0 heterocycles. The average molecular weight is 216 g/mol. The van der Waals surface area contributed by atoms with Crippen LogP contribution in [0.3, 0.4) is 0 Å². The molecule has 0 amide bonds. The summed E-state index contributed by atoms with van der Waals surface area (Å²) in [7, 11) is 0. The topological polar surface area (TPSA) is 37.3 Å². The Bertz CT molecular complexity index is 377. The van der Waals surface area contributed by atoms with Crippen LogP contribution in [0.1, 0.15) is 21.5 Å². The first kappa shape index (κ1) is 12.4. The van der Waals surface area contributed by atoms with Crippen molar-refractivity contribution in [1.82, 2.24) is 0 Å². The van der Waals surface area contributed by atoms with E-state index in [1.54, 1.807) is 24.3 Å². The van der Waals surface area contributed by atoms with Gasteiger partial charge in [-0.3, -0.25) is 4.79 Å². The van der Waals surface area contributed by atoms with E-state index in [0.29, 0.717) is 5.56 Å². The van der Waals surface area contributed by atoms with Crippen LogP contribution in [0.4, 0.5) is 0 Å². The Labute approximate surface area is 95.9 Å². The zero-order valence-corrected chi connectivity index (χ0v) is 9.28. The van der Waals surface area contributed by atoms with Gasteiger partial charge in [0.2, 0.25) is 0 Å². The van der Waals surface area contributed by atoms with Gasteiger partial charge in [0.15, 0.2) is 5.78 Å². The lowest BCUT2D eigenvalue weighted by Crippen LogP contribution is -2.05. The highest BCUT2D eigenvalue weighted by atomic mass is 16.3. The van der Waals surface area contributed by atoms with Crippen LogP contribution in [-0.2, 0) is 12.8 Å². The van der Waals surface area contributed by atoms with E-state index in [-0.39, 0.29) is 5.78 Å². The fourth-order valence-corrected chi connectivity index (χ4v) is 1.58. The third-order valence-electron chi connectivity index (χ3n) is 2.28. The van der Waals surface area contributed by atoms with E-state index in [2.05, 4.69) is 13.2 Å². The lowest BCUT2D eigenvalue weighted by Gasteiger charge is -2.06. The molecule has 0 aliphatic carbocycles. The quantitative estimate of drug-likeness (QED) is 0.585. The lowest BCUT2D eigenvalue weighted by atomic mass is 9.99. The molecule has 1 aromatic carbocycles. The molecule has 0 spiro atoms. The Morgan fingerprint density at radius 1 is 1.12 bits per heavy atom. The summed E-state index contributed by atoms with van der Waals surface area (Å²) in [5, 5.41) is 8.84. The maximum atomic E-state index is 11.4. The average Bonchev–Trinajstić information content (AvgIpc) is 2.28. The van der Waals surface area contributed by atoms with E-state index in [1.165, 1.54) is 0 Å². The summed E-state index contributed by atoms with van der Waals surface area (Å²) in [4.78, 5) is 11.4. The number of hydrogen-bond donors (Lipinski definition) is 1. The van der Waals surface area contributed by atoms with Crippen molar-refractivity contribution >= 4 is 5.78 Å². The van der Waals surface area contributed by atoms with E-state index in [0.717, 1.165) is 24.0 Å². The van der Waals surface area contributed by atoms with Crippen LogP contribution in [0.5, 0.6) is 0 Å². The third-order valence-corrected chi connectivity index (χ3v) is 2.28. The molecule has 2 nitrogen and oxygen atoms in total. The van der Waals surface area contributed by atoms with Gasteiger partial charge in [-0.1, -0.05) is 18.2 Å². The highest BCUT2D eigenvalue weighted by molar-refractivity contribution is 5.97. The lowest BCUT2D eigenvalue weighted by molar-refractivity contribution is 0.0903. The number of benzene rings is 1. The van der Waals surface area contributed by atoms with Crippen LogP contribution in [0, 0.1) is 0 Å². The van der Waals surface area contributed by atoms with Gasteiger partial charge in [0.05, 0.1) is 0 Å². The van der Waals surface area contributed by atoms with Crippen molar-refractivity contribution in [3.63, 3.8) is 0 Å². The van der Waals surface area contributed by atoms with Gasteiger partial charge in [-0.2, -0.15) is 0 Å². The van der Waals surface area contributed by atoms with Crippen LogP contribution in [0.25, 0.3) is 0 Å². The summed E-state index contributed by atoms with van der Waals surface area (Å²) in [5.74, 6) is -0.253. The fraction of sp³-hybridized carbons (Fsp3) is 0.214. The minimum Gasteiger partial charge on any atom is -0.388 e. The Morgan fingerprint density at radius 2 is 1.62 bits per heavy atom. The number of hydrogen-bond acceptors (Lipinski definition) is 2. The standard InChI is InChI=1S/C14H16O2/c1-3-5-11-7-12(6-4-2)9-13(8-11)14(16)10-15/h3-4,7-9,15H,1-2,5-6,10H2. The maximum absolute atomic E-state index is 11.4. The molecule has 0 saturated heterocycles. The van der Waals surface area contributed by atoms with Gasteiger partial charge >= 0.3 is 0 Å². The smallest absolute Gasteiger partial charge is 0.188 e. The monoisotopic (exact) mass is 216 g/mol. The van der Waals surface area contributed by atoms with Crippen LogP contribution >= 0.6 is 0 Å². The van der Waals surface area contributed by atoms with Crippen LogP contribution in [0.2, 0.25) is 0 Å². The molecule has 0 saturated carbocycles. The van der Waals surface area contributed by atoms with Gasteiger partial charge in [0, 0.05) is 5.56 Å². The van der Waals surface area contributed by atoms with Gasteiger partial charge < -0.3 is 5.11 Å². The predicted molar refractivity (Wildman–Crippen MR) is 65.7 cm³/mol. The Morgan fingerprint density at radius 3 is 2.00 bits per heavy atom. The highest BCUT2D eigenvalue weighted by Gasteiger charge is 2.06. The van der Waals surface area contributed by atoms with Gasteiger partial charge in [-0.25, -0.2) is 0 Å². The molecule has 0 aliphatic heterocycles. The molecule has 0 radical (unpaired) electrons. The molecular formula is C14H16O2. The van der Waals surface area contributed by atoms with Crippen molar-refractivity contribution in [1.29, 1.82) is 0 Å². The largest absolute Gasteiger partial charge is 0.388 e. The molecule has 2 heteroatoms. The first-order chi connectivity index (χ1) is 7.71. The number of rotatable bonds is 6. The fourth-order valence-electron chi connectivity index (χ4n) is 1.58. The molecule has 0 aliphatic rings. The molecule has 0 fully saturated rings. The number of allylic oxidation sites excluding steroid dienone is 2. The van der Waals surface area contributed by atoms with Gasteiger partial charge in [-0.05, 0) is 36.1 Å². The van der Waals surface area contributed by atoms with Crippen LogP contribution < -0.4 is 0 Å². The van der Waals surface area contributed by atoms with Crippen molar-refractivity contribution in [2.45, 2.75) is 12.8 Å². The molecular weight excluding hydrogens is 200 g/mol. The molecule has 84 valence electrons. The first-order valence-electron chi connectivity index (χ1n) is 5.20. The Balaban J connectivity index is 3.11. The van der Waals surface area contributed by atoms with E-state index < -0.39 is 6.61 Å². The number of carbonyl (C=O) groups is 1. The van der Waals surface area contributed by atoms with Crippen LogP contribution in [0.15, 0.2) is 43.5 Å². The van der Waals surface area contributed by atoms with Crippen molar-refractivity contribution in [3.8, 4) is 0 Å². The van der Waals surface area contributed by atoms with Crippen molar-refractivity contribution in [2.75, 3.05) is 6.61 Å². The van der Waals surface area contributed by atoms with Gasteiger partial charge in [0.1, 0.15) is 6.61 Å². The zero-order chi connectivity index (χ0) is 12.0. The zero-order valence-electron chi connectivity index (χ0n) is 9.28. The summed E-state index contributed by atoms with van der Waals surface area (Å²) < 4.78 is 0. The predicted octanol–water partition coefficient (Wildman–Crippen LogP) is 2.32. The summed E-state index contributed by atoms with van der Waals surface area (Å²) in [6.45, 7) is 6.89. The number of carbonyl (C=O) groups excluding carboxylic acids is 1. The second kappa shape index (κ2) is 6.03. The minimum absolute atomic E-state index is 0.253. The van der Waals surface area contributed by atoms with Gasteiger partial charge in [-0.15, -0.1) is 13.2 Å².